The van der Waals surface area contributed by atoms with Crippen LogP contribution in [0.15, 0.2) is 57.9 Å². The summed E-state index contributed by atoms with van der Waals surface area (Å²) in [5.74, 6) is -1.61. The molecule has 0 unspecified atom stereocenters. The molecule has 1 heterocycles. The van der Waals surface area contributed by atoms with Gasteiger partial charge in [-0.1, -0.05) is 28.1 Å². The standard InChI is InChI=1S/C14H8BrNO5S/c15-9-5-7-10(8-6-9)22(19,20)21-16-13(17)11-3-1-2-4-12(11)14(16)18/h1-8H. The Morgan fingerprint density at radius 3 is 1.86 bits per heavy atom. The van der Waals surface area contributed by atoms with Gasteiger partial charge in [-0.25, -0.2) is 0 Å². The Hall–Kier alpha value is -2.03. The Kier molecular flexibility index (Phi) is 3.59. The highest BCUT2D eigenvalue weighted by molar-refractivity contribution is 9.10. The Morgan fingerprint density at radius 1 is 0.864 bits per heavy atom. The minimum atomic E-state index is -4.28. The number of benzene rings is 2. The Balaban J connectivity index is 1.93. The number of halogens is 1. The molecule has 0 bridgehead atoms. The molecule has 0 N–H and O–H groups in total. The lowest BCUT2D eigenvalue weighted by Gasteiger charge is -2.12. The second-order valence-electron chi connectivity index (χ2n) is 4.43. The first-order valence-electron chi connectivity index (χ1n) is 6.08. The molecule has 22 heavy (non-hydrogen) atoms. The molecule has 0 aliphatic carbocycles. The number of hydrogen-bond donors (Lipinski definition) is 0. The monoisotopic (exact) mass is 381 g/mol. The first kappa shape index (κ1) is 14.9. The fourth-order valence-corrected chi connectivity index (χ4v) is 3.13. The molecule has 1 aliphatic rings. The first-order valence-corrected chi connectivity index (χ1v) is 8.28. The van der Waals surface area contributed by atoms with E-state index >= 15 is 0 Å². The topological polar surface area (TPSA) is 80.8 Å². The van der Waals surface area contributed by atoms with Crippen LogP contribution in [-0.2, 0) is 14.4 Å². The molecule has 0 fully saturated rings. The Bertz CT molecular complexity index is 841. The number of carbonyl (C=O) groups excluding carboxylic acids is 2. The predicted octanol–water partition coefficient (Wildman–Crippen LogP) is 2.37. The molecule has 3 rings (SSSR count). The molecule has 0 aromatic heterocycles. The van der Waals surface area contributed by atoms with Crippen molar-refractivity contribution in [3.05, 3.63) is 64.1 Å². The van der Waals surface area contributed by atoms with E-state index in [9.17, 15) is 18.0 Å². The quantitative estimate of drug-likeness (QED) is 0.762. The van der Waals surface area contributed by atoms with Crippen molar-refractivity contribution < 1.29 is 22.3 Å². The van der Waals surface area contributed by atoms with Crippen molar-refractivity contribution in [2.45, 2.75) is 4.90 Å². The fraction of sp³-hybridized carbons (Fsp3) is 0. The smallest absolute Gasteiger partial charge is 0.266 e. The van der Waals surface area contributed by atoms with Crippen LogP contribution >= 0.6 is 15.9 Å². The van der Waals surface area contributed by atoms with Gasteiger partial charge in [-0.15, -0.1) is 9.35 Å². The number of carbonyl (C=O) groups is 2. The zero-order valence-corrected chi connectivity index (χ0v) is 13.3. The van der Waals surface area contributed by atoms with E-state index in [-0.39, 0.29) is 21.1 Å². The van der Waals surface area contributed by atoms with Gasteiger partial charge in [0.1, 0.15) is 0 Å². The van der Waals surface area contributed by atoms with Crippen LogP contribution in [0.4, 0.5) is 0 Å². The molecule has 2 aromatic rings. The lowest BCUT2D eigenvalue weighted by molar-refractivity contribution is -0.0103. The third-order valence-electron chi connectivity index (χ3n) is 3.03. The zero-order chi connectivity index (χ0) is 15.9. The van der Waals surface area contributed by atoms with Gasteiger partial charge in [-0.05, 0) is 36.4 Å². The first-order chi connectivity index (χ1) is 10.4. The zero-order valence-electron chi connectivity index (χ0n) is 10.9. The van der Waals surface area contributed by atoms with E-state index in [1.807, 2.05) is 0 Å². The van der Waals surface area contributed by atoms with Crippen LogP contribution in [0.1, 0.15) is 20.7 Å². The Morgan fingerprint density at radius 2 is 1.36 bits per heavy atom. The number of amides is 2. The molecular formula is C14H8BrNO5S. The third kappa shape index (κ3) is 2.45. The molecule has 0 atom stereocenters. The second kappa shape index (κ2) is 5.31. The summed E-state index contributed by atoms with van der Waals surface area (Å²) in [4.78, 5) is 24.0. The maximum absolute atomic E-state index is 12.2. The van der Waals surface area contributed by atoms with Gasteiger partial charge in [0.05, 0.1) is 16.0 Å². The average Bonchev–Trinajstić information content (AvgIpc) is 2.73. The number of hydrogen-bond acceptors (Lipinski definition) is 5. The average molecular weight is 382 g/mol. The van der Waals surface area contributed by atoms with Crippen LogP contribution in [0.3, 0.4) is 0 Å². The van der Waals surface area contributed by atoms with Gasteiger partial charge in [0.25, 0.3) is 11.8 Å². The van der Waals surface area contributed by atoms with Crippen molar-refractivity contribution >= 4 is 37.9 Å². The highest BCUT2D eigenvalue weighted by Crippen LogP contribution is 2.25. The summed E-state index contributed by atoms with van der Waals surface area (Å²) in [7, 11) is -4.28. The van der Waals surface area contributed by atoms with Crippen LogP contribution in [0.25, 0.3) is 0 Å². The van der Waals surface area contributed by atoms with Crippen LogP contribution in [0.2, 0.25) is 0 Å². The van der Waals surface area contributed by atoms with Crippen LogP contribution in [0, 0.1) is 0 Å². The maximum atomic E-state index is 12.2. The molecular weight excluding hydrogens is 374 g/mol. The molecule has 112 valence electrons. The van der Waals surface area contributed by atoms with Gasteiger partial charge in [0, 0.05) is 4.47 Å². The predicted molar refractivity (Wildman–Crippen MR) is 79.4 cm³/mol. The molecule has 0 saturated carbocycles. The van der Waals surface area contributed by atoms with Gasteiger partial charge in [0.15, 0.2) is 0 Å². The highest BCUT2D eigenvalue weighted by Gasteiger charge is 2.39. The number of hydroxylamine groups is 2. The van der Waals surface area contributed by atoms with Crippen molar-refractivity contribution in [3.8, 4) is 0 Å². The van der Waals surface area contributed by atoms with Crippen molar-refractivity contribution in [2.24, 2.45) is 0 Å². The van der Waals surface area contributed by atoms with Crippen LogP contribution < -0.4 is 0 Å². The van der Waals surface area contributed by atoms with Gasteiger partial charge >= 0.3 is 10.1 Å². The molecule has 0 saturated heterocycles. The fourth-order valence-electron chi connectivity index (χ4n) is 1.98. The number of fused-ring (bicyclic) bond motifs is 1. The summed E-state index contributed by atoms with van der Waals surface area (Å²) in [5, 5.41) is 0.266. The molecule has 8 heteroatoms. The summed E-state index contributed by atoms with van der Waals surface area (Å²) in [6, 6.07) is 11.7. The number of nitrogens with zero attached hydrogens (tertiary/aromatic N) is 1. The number of rotatable bonds is 3. The molecule has 2 amide bonds. The van der Waals surface area contributed by atoms with Crippen molar-refractivity contribution in [1.82, 2.24) is 5.06 Å². The highest BCUT2D eigenvalue weighted by atomic mass is 79.9. The minimum Gasteiger partial charge on any atom is -0.266 e. The van der Waals surface area contributed by atoms with Crippen LogP contribution in [-0.4, -0.2) is 25.3 Å². The van der Waals surface area contributed by atoms with Crippen LogP contribution in [0.5, 0.6) is 0 Å². The van der Waals surface area contributed by atoms with E-state index in [1.165, 1.54) is 36.4 Å². The van der Waals surface area contributed by atoms with Gasteiger partial charge in [0.2, 0.25) is 0 Å². The van der Waals surface area contributed by atoms with E-state index in [4.69, 9.17) is 4.28 Å². The molecule has 1 aliphatic heterocycles. The summed E-state index contributed by atoms with van der Waals surface area (Å²) < 4.78 is 29.7. The Labute approximate surface area is 134 Å². The van der Waals surface area contributed by atoms with E-state index in [0.29, 0.717) is 4.47 Å². The molecule has 0 spiro atoms. The summed E-state index contributed by atoms with van der Waals surface area (Å²) in [5.41, 5.74) is 0.219. The van der Waals surface area contributed by atoms with Crippen molar-refractivity contribution in [2.75, 3.05) is 0 Å². The van der Waals surface area contributed by atoms with Crippen molar-refractivity contribution in [1.29, 1.82) is 0 Å². The lowest BCUT2D eigenvalue weighted by Crippen LogP contribution is -2.32. The molecule has 6 nitrogen and oxygen atoms in total. The molecule has 2 aromatic carbocycles. The van der Waals surface area contributed by atoms with E-state index in [0.717, 1.165) is 0 Å². The number of imide groups is 1. The van der Waals surface area contributed by atoms with E-state index in [1.54, 1.807) is 12.1 Å². The van der Waals surface area contributed by atoms with Gasteiger partial charge < -0.3 is 0 Å². The summed E-state index contributed by atoms with van der Waals surface area (Å²) >= 11 is 3.18. The SMILES string of the molecule is O=C1c2ccccc2C(=O)N1OS(=O)(=O)c1ccc(Br)cc1. The van der Waals surface area contributed by atoms with E-state index < -0.39 is 21.9 Å². The van der Waals surface area contributed by atoms with Gasteiger partial charge in [-0.3, -0.25) is 9.59 Å². The van der Waals surface area contributed by atoms with Gasteiger partial charge in [-0.2, -0.15) is 8.42 Å². The van der Waals surface area contributed by atoms with E-state index in [2.05, 4.69) is 15.9 Å². The minimum absolute atomic E-state index is 0.110. The van der Waals surface area contributed by atoms with Crippen molar-refractivity contribution in [3.63, 3.8) is 0 Å². The lowest BCUT2D eigenvalue weighted by atomic mass is 10.1. The molecule has 0 radical (unpaired) electrons. The summed E-state index contributed by atoms with van der Waals surface area (Å²) in [6.07, 6.45) is 0. The summed E-state index contributed by atoms with van der Waals surface area (Å²) in [6.45, 7) is 0. The second-order valence-corrected chi connectivity index (χ2v) is 6.88. The largest absolute Gasteiger partial charge is 0.318 e. The maximum Gasteiger partial charge on any atom is 0.318 e. The normalized spacial score (nSPS) is 14.3. The third-order valence-corrected chi connectivity index (χ3v) is 4.76.